The number of carbonyl (C=O) groups is 1. The molecule has 2 aromatic rings. The summed E-state index contributed by atoms with van der Waals surface area (Å²) in [4.78, 5) is 16.7. The predicted molar refractivity (Wildman–Crippen MR) is 107 cm³/mol. The number of carbonyl (C=O) groups excluding carboxylic acids is 1. The molecule has 2 aromatic carbocycles. The lowest BCUT2D eigenvalue weighted by atomic mass is 10.2. The molecule has 7 heteroatoms. The SMILES string of the molecule is O=C(CSC1=Nc2ccccc2CS1)NC[C@H]1COc2ccccc2O1. The van der Waals surface area contributed by atoms with E-state index in [4.69, 9.17) is 9.47 Å². The third-order valence-electron chi connectivity index (χ3n) is 3.98. The molecule has 0 bridgehead atoms. The van der Waals surface area contributed by atoms with E-state index in [0.29, 0.717) is 18.9 Å². The third kappa shape index (κ3) is 4.16. The number of hydrogen-bond acceptors (Lipinski definition) is 6. The second kappa shape index (κ2) is 8.05. The zero-order valence-corrected chi connectivity index (χ0v) is 15.6. The monoisotopic (exact) mass is 386 g/mol. The highest BCUT2D eigenvalue weighted by atomic mass is 32.2. The van der Waals surface area contributed by atoms with E-state index in [1.165, 1.54) is 17.3 Å². The molecular formula is C19H18N2O3S2. The van der Waals surface area contributed by atoms with Crippen molar-refractivity contribution in [2.24, 2.45) is 4.99 Å². The van der Waals surface area contributed by atoms with Gasteiger partial charge in [-0.05, 0) is 23.8 Å². The van der Waals surface area contributed by atoms with Crippen LogP contribution in [0.2, 0.25) is 0 Å². The Morgan fingerprint density at radius 1 is 1.19 bits per heavy atom. The molecule has 26 heavy (non-hydrogen) atoms. The summed E-state index contributed by atoms with van der Waals surface area (Å²) in [6.45, 7) is 0.861. The summed E-state index contributed by atoms with van der Waals surface area (Å²) in [5, 5.41) is 2.91. The van der Waals surface area contributed by atoms with Crippen LogP contribution in [0.1, 0.15) is 5.56 Å². The van der Waals surface area contributed by atoms with Gasteiger partial charge in [0.05, 0.1) is 18.0 Å². The van der Waals surface area contributed by atoms with Crippen LogP contribution in [0, 0.1) is 0 Å². The van der Waals surface area contributed by atoms with Gasteiger partial charge in [-0.1, -0.05) is 53.9 Å². The number of nitrogens with zero attached hydrogens (tertiary/aromatic N) is 1. The molecule has 2 aliphatic rings. The highest BCUT2D eigenvalue weighted by molar-refractivity contribution is 8.38. The Morgan fingerprint density at radius 3 is 2.92 bits per heavy atom. The van der Waals surface area contributed by atoms with Gasteiger partial charge in [0.2, 0.25) is 5.91 Å². The first-order valence-electron chi connectivity index (χ1n) is 8.35. The molecular weight excluding hydrogens is 368 g/mol. The lowest BCUT2D eigenvalue weighted by Gasteiger charge is -2.26. The van der Waals surface area contributed by atoms with Crippen molar-refractivity contribution in [1.29, 1.82) is 0 Å². The van der Waals surface area contributed by atoms with E-state index in [1.807, 2.05) is 42.5 Å². The van der Waals surface area contributed by atoms with Gasteiger partial charge in [-0.15, -0.1) is 0 Å². The second-order valence-electron chi connectivity index (χ2n) is 5.89. The lowest BCUT2D eigenvalue weighted by Crippen LogP contribution is -2.41. The highest BCUT2D eigenvalue weighted by Crippen LogP contribution is 2.34. The Balaban J connectivity index is 1.24. The molecule has 4 rings (SSSR count). The van der Waals surface area contributed by atoms with E-state index in [1.54, 1.807) is 11.8 Å². The van der Waals surface area contributed by atoms with Gasteiger partial charge < -0.3 is 14.8 Å². The fourth-order valence-electron chi connectivity index (χ4n) is 2.66. The Morgan fingerprint density at radius 2 is 2.00 bits per heavy atom. The first-order valence-corrected chi connectivity index (χ1v) is 10.3. The molecule has 5 nitrogen and oxygen atoms in total. The van der Waals surface area contributed by atoms with Crippen LogP contribution in [0.4, 0.5) is 5.69 Å². The van der Waals surface area contributed by atoms with E-state index in [0.717, 1.165) is 27.3 Å². The first-order chi connectivity index (χ1) is 12.8. The van der Waals surface area contributed by atoms with Gasteiger partial charge in [-0.25, -0.2) is 4.99 Å². The average Bonchev–Trinajstić information content (AvgIpc) is 2.70. The van der Waals surface area contributed by atoms with E-state index >= 15 is 0 Å². The average molecular weight is 386 g/mol. The molecule has 0 radical (unpaired) electrons. The van der Waals surface area contributed by atoms with Crippen molar-refractivity contribution >= 4 is 39.5 Å². The second-order valence-corrected chi connectivity index (χ2v) is 8.07. The summed E-state index contributed by atoms with van der Waals surface area (Å²) in [6, 6.07) is 15.7. The Kier molecular flexibility index (Phi) is 5.36. The number of aliphatic imine (C=N–C) groups is 1. The van der Waals surface area contributed by atoms with Crippen LogP contribution in [-0.4, -0.2) is 35.3 Å². The number of hydrogen-bond donors (Lipinski definition) is 1. The van der Waals surface area contributed by atoms with E-state index in [9.17, 15) is 4.79 Å². The van der Waals surface area contributed by atoms with E-state index in [2.05, 4.69) is 16.4 Å². The van der Waals surface area contributed by atoms with Gasteiger partial charge in [0, 0.05) is 5.75 Å². The zero-order valence-electron chi connectivity index (χ0n) is 14.0. The van der Waals surface area contributed by atoms with Crippen LogP contribution >= 0.6 is 23.5 Å². The summed E-state index contributed by atoms with van der Waals surface area (Å²) >= 11 is 3.15. The molecule has 134 valence electrons. The number of fused-ring (bicyclic) bond motifs is 2. The van der Waals surface area contributed by atoms with Crippen molar-refractivity contribution in [3.8, 4) is 11.5 Å². The first kappa shape index (κ1) is 17.3. The van der Waals surface area contributed by atoms with Gasteiger partial charge in [0.1, 0.15) is 17.1 Å². The van der Waals surface area contributed by atoms with Crippen LogP contribution in [0.25, 0.3) is 0 Å². The molecule has 0 aromatic heterocycles. The summed E-state index contributed by atoms with van der Waals surface area (Å²) in [6.07, 6.45) is -0.174. The van der Waals surface area contributed by atoms with Crippen LogP contribution in [0.3, 0.4) is 0 Å². The smallest absolute Gasteiger partial charge is 0.230 e. The van der Waals surface area contributed by atoms with Gasteiger partial charge in [0.25, 0.3) is 0 Å². The molecule has 0 aliphatic carbocycles. The van der Waals surface area contributed by atoms with Gasteiger partial charge in [-0.3, -0.25) is 4.79 Å². The third-order valence-corrected chi connectivity index (χ3v) is 6.22. The van der Waals surface area contributed by atoms with Crippen molar-refractivity contribution in [3.63, 3.8) is 0 Å². The number of benzene rings is 2. The minimum absolute atomic E-state index is 0.0281. The standard InChI is InChI=1S/C19H18N2O3S2/c22-18(12-26-19-21-15-6-2-1-5-13(15)11-25-19)20-9-14-10-23-16-7-3-4-8-17(16)24-14/h1-8,14H,9-12H2,(H,20,22)/t14-/m0/s1. The Labute approximate surface area is 160 Å². The summed E-state index contributed by atoms with van der Waals surface area (Å²) < 4.78 is 12.4. The maximum Gasteiger partial charge on any atom is 0.230 e. The highest BCUT2D eigenvalue weighted by Gasteiger charge is 2.21. The molecule has 1 N–H and O–H groups in total. The normalized spacial score (nSPS) is 17.8. The number of rotatable bonds is 4. The molecule has 2 heterocycles. The predicted octanol–water partition coefficient (Wildman–Crippen LogP) is 3.61. The minimum atomic E-state index is -0.174. The van der Waals surface area contributed by atoms with Gasteiger partial charge >= 0.3 is 0 Å². The number of ether oxygens (including phenoxy) is 2. The van der Waals surface area contributed by atoms with Gasteiger partial charge in [0.15, 0.2) is 11.5 Å². The van der Waals surface area contributed by atoms with Crippen molar-refractivity contribution in [1.82, 2.24) is 5.32 Å². The van der Waals surface area contributed by atoms with Crippen molar-refractivity contribution in [3.05, 3.63) is 54.1 Å². The van der Waals surface area contributed by atoms with Crippen LogP contribution in [0.5, 0.6) is 11.5 Å². The van der Waals surface area contributed by atoms with E-state index < -0.39 is 0 Å². The summed E-state index contributed by atoms with van der Waals surface area (Å²) in [7, 11) is 0. The molecule has 1 atom stereocenters. The number of nitrogens with one attached hydrogen (secondary N) is 1. The zero-order chi connectivity index (χ0) is 17.8. The van der Waals surface area contributed by atoms with Crippen molar-refractivity contribution < 1.29 is 14.3 Å². The molecule has 0 saturated carbocycles. The largest absolute Gasteiger partial charge is 0.486 e. The topological polar surface area (TPSA) is 59.9 Å². The Bertz CT molecular complexity index is 841. The number of amides is 1. The minimum Gasteiger partial charge on any atom is -0.486 e. The molecule has 0 spiro atoms. The summed E-state index contributed by atoms with van der Waals surface area (Å²) in [5.74, 6) is 2.69. The molecule has 0 unspecified atom stereocenters. The maximum atomic E-state index is 12.1. The summed E-state index contributed by atoms with van der Waals surface area (Å²) in [5.41, 5.74) is 2.24. The van der Waals surface area contributed by atoms with Crippen molar-refractivity contribution in [2.45, 2.75) is 11.9 Å². The van der Waals surface area contributed by atoms with Crippen LogP contribution in [0.15, 0.2) is 53.5 Å². The van der Waals surface area contributed by atoms with Crippen LogP contribution in [-0.2, 0) is 10.5 Å². The molecule has 0 fully saturated rings. The fourth-order valence-corrected chi connectivity index (χ4v) is 4.55. The maximum absolute atomic E-state index is 12.1. The quantitative estimate of drug-likeness (QED) is 0.870. The molecule has 0 saturated heterocycles. The molecule has 2 aliphatic heterocycles. The van der Waals surface area contributed by atoms with E-state index in [-0.39, 0.29) is 12.0 Å². The Hall–Kier alpha value is -2.12. The van der Waals surface area contributed by atoms with Crippen LogP contribution < -0.4 is 14.8 Å². The lowest BCUT2D eigenvalue weighted by molar-refractivity contribution is -0.119. The van der Waals surface area contributed by atoms with Gasteiger partial charge in [-0.2, -0.15) is 0 Å². The fraction of sp³-hybridized carbons (Fsp3) is 0.263. The van der Waals surface area contributed by atoms with Crippen molar-refractivity contribution in [2.75, 3.05) is 18.9 Å². The molecule has 1 amide bonds. The number of thioether (sulfide) groups is 2. The number of para-hydroxylation sites is 3.